The van der Waals surface area contributed by atoms with E-state index in [0.29, 0.717) is 35.9 Å². The third kappa shape index (κ3) is 6.42. The molecule has 1 amide bonds. The van der Waals surface area contributed by atoms with Gasteiger partial charge in [0.25, 0.3) is 5.91 Å². The largest absolute Gasteiger partial charge is 0.478 e. The summed E-state index contributed by atoms with van der Waals surface area (Å²) in [6.45, 7) is 3.71. The van der Waals surface area contributed by atoms with Crippen LogP contribution in [0.3, 0.4) is 0 Å². The van der Waals surface area contributed by atoms with E-state index in [0.717, 1.165) is 12.5 Å². The van der Waals surface area contributed by atoms with E-state index >= 15 is 0 Å². The highest BCUT2D eigenvalue weighted by molar-refractivity contribution is 6.32. The van der Waals surface area contributed by atoms with Gasteiger partial charge in [0.2, 0.25) is 0 Å². The lowest BCUT2D eigenvalue weighted by atomic mass is 10.1. The van der Waals surface area contributed by atoms with Crippen LogP contribution in [0.5, 0.6) is 0 Å². The molecule has 0 fully saturated rings. The van der Waals surface area contributed by atoms with Crippen LogP contribution in [-0.2, 0) is 9.53 Å². The van der Waals surface area contributed by atoms with Gasteiger partial charge in [-0.2, -0.15) is 0 Å². The summed E-state index contributed by atoms with van der Waals surface area (Å²) in [5.41, 5.74) is 0.982. The number of ether oxygens (including phenoxy) is 1. The highest BCUT2D eigenvalue weighted by Gasteiger charge is 2.07. The van der Waals surface area contributed by atoms with Crippen molar-refractivity contribution in [3.63, 3.8) is 0 Å². The molecule has 0 unspecified atom stereocenters. The van der Waals surface area contributed by atoms with Crippen LogP contribution < -0.4 is 5.32 Å². The molecule has 21 heavy (non-hydrogen) atoms. The molecule has 5 nitrogen and oxygen atoms in total. The maximum absolute atomic E-state index is 11.9. The first-order chi connectivity index (χ1) is 10.0. The highest BCUT2D eigenvalue weighted by atomic mass is 35.5. The molecule has 0 saturated carbocycles. The number of carboxylic acids is 1. The predicted octanol–water partition coefficient (Wildman–Crippen LogP) is 2.59. The van der Waals surface area contributed by atoms with E-state index in [1.165, 1.54) is 12.1 Å². The molecule has 0 bridgehead atoms. The molecule has 114 valence electrons. The Morgan fingerprint density at radius 1 is 1.43 bits per heavy atom. The van der Waals surface area contributed by atoms with Gasteiger partial charge in [0.1, 0.15) is 0 Å². The monoisotopic (exact) mass is 311 g/mol. The standard InChI is InChI=1S/C15H18ClNO4/c1-2-21-9-3-8-17-15(20)12-5-4-11(13(16)10-12)6-7-14(18)19/h4-7,10H,2-3,8-9H2,1H3,(H,17,20)(H,18,19)/b7-6+. The Hall–Kier alpha value is -1.85. The van der Waals surface area contributed by atoms with Crippen molar-refractivity contribution >= 4 is 29.6 Å². The van der Waals surface area contributed by atoms with Gasteiger partial charge in [-0.05, 0) is 37.1 Å². The minimum Gasteiger partial charge on any atom is -0.478 e. The van der Waals surface area contributed by atoms with Crippen molar-refractivity contribution in [1.29, 1.82) is 0 Å². The lowest BCUT2D eigenvalue weighted by molar-refractivity contribution is -0.131. The van der Waals surface area contributed by atoms with Gasteiger partial charge in [0.05, 0.1) is 0 Å². The van der Waals surface area contributed by atoms with Crippen LogP contribution in [0.2, 0.25) is 5.02 Å². The topological polar surface area (TPSA) is 75.6 Å². The molecule has 1 aromatic carbocycles. The molecular formula is C15H18ClNO4. The predicted molar refractivity (Wildman–Crippen MR) is 81.6 cm³/mol. The zero-order valence-corrected chi connectivity index (χ0v) is 12.5. The maximum Gasteiger partial charge on any atom is 0.328 e. The van der Waals surface area contributed by atoms with E-state index in [-0.39, 0.29) is 5.91 Å². The second-order valence-electron chi connectivity index (χ2n) is 4.21. The van der Waals surface area contributed by atoms with Gasteiger partial charge in [-0.15, -0.1) is 0 Å². The second kappa shape index (κ2) is 9.15. The summed E-state index contributed by atoms with van der Waals surface area (Å²) in [5.74, 6) is -1.27. The Bertz CT molecular complexity index is 528. The van der Waals surface area contributed by atoms with E-state index in [2.05, 4.69) is 5.32 Å². The SMILES string of the molecule is CCOCCCNC(=O)c1ccc(/C=C/C(=O)O)c(Cl)c1. The number of halogens is 1. The smallest absolute Gasteiger partial charge is 0.328 e. The van der Waals surface area contributed by atoms with Crippen molar-refractivity contribution in [2.75, 3.05) is 19.8 Å². The third-order valence-corrected chi connectivity index (χ3v) is 2.95. The van der Waals surface area contributed by atoms with Crippen molar-refractivity contribution in [2.24, 2.45) is 0 Å². The van der Waals surface area contributed by atoms with E-state index in [4.69, 9.17) is 21.4 Å². The third-order valence-electron chi connectivity index (χ3n) is 2.62. The maximum atomic E-state index is 11.9. The number of amides is 1. The summed E-state index contributed by atoms with van der Waals surface area (Å²) in [7, 11) is 0. The van der Waals surface area contributed by atoms with Crippen LogP contribution in [0.4, 0.5) is 0 Å². The fourth-order valence-corrected chi connectivity index (χ4v) is 1.83. The molecular weight excluding hydrogens is 294 g/mol. The fourth-order valence-electron chi connectivity index (χ4n) is 1.59. The van der Waals surface area contributed by atoms with E-state index in [1.54, 1.807) is 12.1 Å². The Balaban J connectivity index is 2.57. The number of hydrogen-bond donors (Lipinski definition) is 2. The number of hydrogen-bond acceptors (Lipinski definition) is 3. The number of carbonyl (C=O) groups excluding carboxylic acids is 1. The van der Waals surface area contributed by atoms with Crippen molar-refractivity contribution in [3.05, 3.63) is 40.4 Å². The van der Waals surface area contributed by atoms with Gasteiger partial charge >= 0.3 is 5.97 Å². The minimum absolute atomic E-state index is 0.220. The number of carbonyl (C=O) groups is 2. The van der Waals surface area contributed by atoms with Gasteiger partial charge in [-0.3, -0.25) is 4.79 Å². The lowest BCUT2D eigenvalue weighted by Gasteiger charge is -2.07. The number of rotatable bonds is 8. The Kier molecular flexibility index (Phi) is 7.50. The molecule has 6 heteroatoms. The Morgan fingerprint density at radius 2 is 2.19 bits per heavy atom. The van der Waals surface area contributed by atoms with E-state index in [9.17, 15) is 9.59 Å². The second-order valence-corrected chi connectivity index (χ2v) is 4.62. The summed E-state index contributed by atoms with van der Waals surface area (Å²) in [4.78, 5) is 22.3. The first-order valence-corrected chi connectivity index (χ1v) is 6.99. The molecule has 0 atom stereocenters. The average Bonchev–Trinajstić information content (AvgIpc) is 2.45. The van der Waals surface area contributed by atoms with Crippen molar-refractivity contribution in [2.45, 2.75) is 13.3 Å². The summed E-state index contributed by atoms with van der Waals surface area (Å²) in [6.07, 6.45) is 3.12. The molecule has 1 aromatic rings. The molecule has 0 aromatic heterocycles. The van der Waals surface area contributed by atoms with Crippen molar-refractivity contribution < 1.29 is 19.4 Å². The van der Waals surface area contributed by atoms with Crippen LogP contribution in [0.15, 0.2) is 24.3 Å². The van der Waals surface area contributed by atoms with Crippen LogP contribution in [0.1, 0.15) is 29.3 Å². The van der Waals surface area contributed by atoms with Crippen LogP contribution >= 0.6 is 11.6 Å². The highest BCUT2D eigenvalue weighted by Crippen LogP contribution is 2.19. The van der Waals surface area contributed by atoms with Crippen LogP contribution in [0, 0.1) is 0 Å². The molecule has 0 aliphatic carbocycles. The van der Waals surface area contributed by atoms with E-state index in [1.807, 2.05) is 6.92 Å². The first-order valence-electron chi connectivity index (χ1n) is 6.61. The number of aliphatic carboxylic acids is 1. The number of carboxylic acid groups (broad SMARTS) is 1. The molecule has 0 heterocycles. The van der Waals surface area contributed by atoms with Crippen molar-refractivity contribution in [1.82, 2.24) is 5.32 Å². The van der Waals surface area contributed by atoms with E-state index < -0.39 is 5.97 Å². The Morgan fingerprint density at radius 3 is 2.81 bits per heavy atom. The number of benzene rings is 1. The van der Waals surface area contributed by atoms with Crippen LogP contribution in [0.25, 0.3) is 6.08 Å². The van der Waals surface area contributed by atoms with Gasteiger partial charge in [-0.25, -0.2) is 4.79 Å². The van der Waals surface area contributed by atoms with Gasteiger partial charge in [0, 0.05) is 36.4 Å². The molecule has 2 N–H and O–H groups in total. The van der Waals surface area contributed by atoms with Gasteiger partial charge in [0.15, 0.2) is 0 Å². The summed E-state index contributed by atoms with van der Waals surface area (Å²) in [5, 5.41) is 11.7. The molecule has 1 rings (SSSR count). The fraction of sp³-hybridized carbons (Fsp3) is 0.333. The normalized spacial score (nSPS) is 10.8. The van der Waals surface area contributed by atoms with Crippen LogP contribution in [-0.4, -0.2) is 36.7 Å². The molecule has 0 radical (unpaired) electrons. The summed E-state index contributed by atoms with van der Waals surface area (Å²) < 4.78 is 5.17. The zero-order chi connectivity index (χ0) is 15.7. The lowest BCUT2D eigenvalue weighted by Crippen LogP contribution is -2.25. The van der Waals surface area contributed by atoms with Crippen molar-refractivity contribution in [3.8, 4) is 0 Å². The average molecular weight is 312 g/mol. The summed E-state index contributed by atoms with van der Waals surface area (Å²) >= 11 is 6.02. The minimum atomic E-state index is -1.05. The molecule has 0 spiro atoms. The zero-order valence-electron chi connectivity index (χ0n) is 11.8. The number of nitrogens with one attached hydrogen (secondary N) is 1. The van der Waals surface area contributed by atoms with Gasteiger partial charge in [-0.1, -0.05) is 17.7 Å². The molecule has 0 aliphatic heterocycles. The summed E-state index contributed by atoms with van der Waals surface area (Å²) in [6, 6.07) is 4.73. The van der Waals surface area contributed by atoms with Gasteiger partial charge < -0.3 is 15.2 Å². The molecule has 0 saturated heterocycles. The molecule has 0 aliphatic rings. The quantitative estimate of drug-likeness (QED) is 0.571. The Labute approximate surface area is 128 Å². The first kappa shape index (κ1) is 17.2.